The van der Waals surface area contributed by atoms with E-state index in [0.29, 0.717) is 18.6 Å². The van der Waals surface area contributed by atoms with Crippen LogP contribution < -0.4 is 0 Å². The van der Waals surface area contributed by atoms with E-state index in [-0.39, 0.29) is 24.5 Å². The molecule has 5 rings (SSSR count). The largest absolute Gasteiger partial charge is 0.455 e. The van der Waals surface area contributed by atoms with Gasteiger partial charge in [0.25, 0.3) is 0 Å². The van der Waals surface area contributed by atoms with Crippen LogP contribution in [0.5, 0.6) is 0 Å². The Morgan fingerprint density at radius 2 is 1.65 bits per heavy atom. The van der Waals surface area contributed by atoms with Gasteiger partial charge in [0.1, 0.15) is 11.7 Å². The lowest BCUT2D eigenvalue weighted by atomic mass is 9.41. The first kappa shape index (κ1) is 32.8. The Kier molecular flexibility index (Phi) is 8.44. The second-order valence-electron chi connectivity index (χ2n) is 15.0. The normalized spacial score (nSPS) is 42.2. The van der Waals surface area contributed by atoms with Crippen molar-refractivity contribution in [1.82, 2.24) is 0 Å². The summed E-state index contributed by atoms with van der Waals surface area (Å²) in [5.41, 5.74) is -1.88. The van der Waals surface area contributed by atoms with Crippen LogP contribution in [0.4, 0.5) is 0 Å². The number of hydrogen-bond acceptors (Lipinski definition) is 7. The average Bonchev–Trinajstić information content (AvgIpc) is 2.98. The Morgan fingerprint density at radius 1 is 1.05 bits per heavy atom. The summed E-state index contributed by atoms with van der Waals surface area (Å²) in [5, 5.41) is 37.3. The molecular formula is C35H54O7Si. The zero-order valence-electron chi connectivity index (χ0n) is 27.6. The molecule has 3 aliphatic carbocycles. The standard InChI is InChI=1S/C35H54O7Si/c1-10-43(11-2,12-3)42-26-18-25-33(8,20-40-25)28-30(41-31(38)23-16-14-13-15-17-23)35(39)19-24(36)21(4)27(32(35,6)7)22(5)29(37)34(26,28)9/h13-17,22,24-26,28-30,36-37,39H,10-12,18-20H2,1-9H3/t22-,24+,25-,26+,28?,29+,30+,33-,34-,35-/m1/s1. The Labute approximate surface area is 259 Å². The molecule has 3 fully saturated rings. The lowest BCUT2D eigenvalue weighted by Crippen LogP contribution is -2.78. The van der Waals surface area contributed by atoms with Gasteiger partial charge in [0.05, 0.1) is 36.6 Å². The first-order valence-corrected chi connectivity index (χ1v) is 19.0. The summed E-state index contributed by atoms with van der Waals surface area (Å²) >= 11 is 0. The number of esters is 1. The van der Waals surface area contributed by atoms with Crippen LogP contribution in [-0.2, 0) is 13.9 Å². The first-order chi connectivity index (χ1) is 20.1. The molecule has 2 bridgehead atoms. The summed E-state index contributed by atoms with van der Waals surface area (Å²) in [7, 11) is -2.16. The van der Waals surface area contributed by atoms with Crippen LogP contribution in [0, 0.1) is 28.1 Å². The predicted octanol–water partition coefficient (Wildman–Crippen LogP) is 5.88. The molecule has 7 nitrogen and oxygen atoms in total. The molecule has 2 saturated carbocycles. The number of carbonyl (C=O) groups is 1. The fourth-order valence-corrected chi connectivity index (χ4v) is 12.8. The van der Waals surface area contributed by atoms with Crippen LogP contribution >= 0.6 is 0 Å². The van der Waals surface area contributed by atoms with Gasteiger partial charge in [0, 0.05) is 34.5 Å². The number of rotatable bonds is 7. The van der Waals surface area contributed by atoms with Crippen LogP contribution in [-0.4, -0.2) is 72.3 Å². The minimum Gasteiger partial charge on any atom is -0.455 e. The van der Waals surface area contributed by atoms with E-state index in [4.69, 9.17) is 13.9 Å². The maximum Gasteiger partial charge on any atom is 0.338 e. The number of fused-ring (bicyclic) bond motifs is 5. The highest BCUT2D eigenvalue weighted by Gasteiger charge is 2.74. The van der Waals surface area contributed by atoms with Gasteiger partial charge in [-0.15, -0.1) is 0 Å². The molecule has 0 aromatic heterocycles. The first-order valence-electron chi connectivity index (χ1n) is 16.4. The topological polar surface area (TPSA) is 105 Å². The fraction of sp³-hybridized carbons (Fsp3) is 0.743. The quantitative estimate of drug-likeness (QED) is 0.200. The van der Waals surface area contributed by atoms with E-state index in [1.807, 2.05) is 33.8 Å². The zero-order chi connectivity index (χ0) is 31.8. The molecule has 1 unspecified atom stereocenters. The van der Waals surface area contributed by atoms with Crippen molar-refractivity contribution in [3.63, 3.8) is 0 Å². The summed E-state index contributed by atoms with van der Waals surface area (Å²) in [6, 6.07) is 11.8. The summed E-state index contributed by atoms with van der Waals surface area (Å²) in [6.07, 6.45) is -2.69. The Balaban J connectivity index is 1.78. The minimum absolute atomic E-state index is 0.0299. The molecule has 8 heteroatoms. The number of ether oxygens (including phenoxy) is 2. The second-order valence-corrected chi connectivity index (χ2v) is 19.7. The van der Waals surface area contributed by atoms with Crippen molar-refractivity contribution in [3.05, 3.63) is 47.0 Å². The molecule has 1 aliphatic heterocycles. The average molecular weight is 615 g/mol. The lowest BCUT2D eigenvalue weighted by Gasteiger charge is -2.70. The Bertz CT molecular complexity index is 1240. The van der Waals surface area contributed by atoms with E-state index in [0.717, 1.165) is 29.3 Å². The molecule has 4 aliphatic rings. The molecule has 43 heavy (non-hydrogen) atoms. The van der Waals surface area contributed by atoms with E-state index in [2.05, 4.69) is 34.6 Å². The molecule has 0 spiro atoms. The molecule has 1 aromatic rings. The minimum atomic E-state index is -2.16. The van der Waals surface area contributed by atoms with Crippen molar-refractivity contribution in [2.24, 2.45) is 28.1 Å². The molecular weight excluding hydrogens is 560 g/mol. The molecule has 0 amide bonds. The van der Waals surface area contributed by atoms with Gasteiger partial charge in [0.15, 0.2) is 8.32 Å². The highest BCUT2D eigenvalue weighted by atomic mass is 28.4. The number of aliphatic hydroxyl groups is 3. The van der Waals surface area contributed by atoms with Crippen molar-refractivity contribution in [2.75, 3.05) is 6.61 Å². The number of hydrogen-bond donors (Lipinski definition) is 3. The SMILES string of the molecule is CC[Si](CC)(CC)O[C@H]1C[C@H]2OC[C@@]2(C)C2[C@H](OC(=O)c3ccccc3)[C@]3(O)C[C@H](O)C(C)=C([C@@H](C)[C@H](O)[C@@]21C)C3(C)C. The van der Waals surface area contributed by atoms with Crippen molar-refractivity contribution in [3.8, 4) is 0 Å². The second kappa shape index (κ2) is 11.1. The van der Waals surface area contributed by atoms with Gasteiger partial charge >= 0.3 is 5.97 Å². The monoisotopic (exact) mass is 614 g/mol. The molecule has 3 N–H and O–H groups in total. The van der Waals surface area contributed by atoms with E-state index in [9.17, 15) is 20.1 Å². The van der Waals surface area contributed by atoms with E-state index in [1.165, 1.54) is 0 Å². The van der Waals surface area contributed by atoms with Gasteiger partial charge in [-0.25, -0.2) is 4.79 Å². The van der Waals surface area contributed by atoms with Crippen molar-refractivity contribution in [2.45, 2.75) is 129 Å². The third-order valence-corrected chi connectivity index (χ3v) is 17.6. The van der Waals surface area contributed by atoms with Gasteiger partial charge < -0.3 is 29.2 Å². The van der Waals surface area contributed by atoms with Gasteiger partial charge in [0.2, 0.25) is 0 Å². The summed E-state index contributed by atoms with van der Waals surface area (Å²) < 4.78 is 20.1. The maximum atomic E-state index is 13.9. The lowest BCUT2D eigenvalue weighted by molar-refractivity contribution is -0.333. The summed E-state index contributed by atoms with van der Waals surface area (Å²) in [6.45, 7) is 19.2. The third-order valence-electron chi connectivity index (χ3n) is 12.9. The van der Waals surface area contributed by atoms with Crippen molar-refractivity contribution >= 4 is 14.3 Å². The van der Waals surface area contributed by atoms with Crippen molar-refractivity contribution in [1.29, 1.82) is 0 Å². The smallest absolute Gasteiger partial charge is 0.338 e. The highest BCUT2D eigenvalue weighted by molar-refractivity contribution is 6.73. The fourth-order valence-electron chi connectivity index (χ4n) is 9.88. The predicted molar refractivity (Wildman–Crippen MR) is 169 cm³/mol. The number of carbonyl (C=O) groups excluding carboxylic acids is 1. The highest BCUT2D eigenvalue weighted by Crippen LogP contribution is 2.68. The summed E-state index contributed by atoms with van der Waals surface area (Å²) in [4.78, 5) is 13.9. The molecule has 240 valence electrons. The van der Waals surface area contributed by atoms with Gasteiger partial charge in [-0.1, -0.05) is 79.2 Å². The van der Waals surface area contributed by atoms with E-state index >= 15 is 0 Å². The van der Waals surface area contributed by atoms with Crippen molar-refractivity contribution < 1.29 is 34.0 Å². The van der Waals surface area contributed by atoms with Crippen LogP contribution in [0.15, 0.2) is 41.5 Å². The van der Waals surface area contributed by atoms with Gasteiger partial charge in [-0.2, -0.15) is 0 Å². The Morgan fingerprint density at radius 3 is 2.19 bits per heavy atom. The van der Waals surface area contributed by atoms with E-state index < -0.39 is 60.4 Å². The molecule has 1 aromatic carbocycles. The van der Waals surface area contributed by atoms with Gasteiger partial charge in [-0.3, -0.25) is 0 Å². The third kappa shape index (κ3) is 4.56. The number of benzene rings is 1. The molecule has 1 heterocycles. The zero-order valence-corrected chi connectivity index (χ0v) is 28.6. The molecule has 1 saturated heterocycles. The van der Waals surface area contributed by atoms with Crippen LogP contribution in [0.1, 0.15) is 85.5 Å². The van der Waals surface area contributed by atoms with Crippen LogP contribution in [0.3, 0.4) is 0 Å². The maximum absolute atomic E-state index is 13.9. The number of aliphatic hydroxyl groups excluding tert-OH is 2. The van der Waals surface area contributed by atoms with Crippen LogP contribution in [0.2, 0.25) is 18.1 Å². The Hall–Kier alpha value is -1.55. The van der Waals surface area contributed by atoms with Gasteiger partial charge in [-0.05, 0) is 49.2 Å². The van der Waals surface area contributed by atoms with E-state index in [1.54, 1.807) is 24.3 Å². The van der Waals surface area contributed by atoms with Crippen LogP contribution in [0.25, 0.3) is 0 Å². The molecule has 0 radical (unpaired) electrons. The molecule has 10 atom stereocenters. The summed E-state index contributed by atoms with van der Waals surface area (Å²) in [5.74, 6) is -1.40.